The first-order valence-corrected chi connectivity index (χ1v) is 10.4. The molecule has 0 spiro atoms. The molecule has 0 saturated carbocycles. The van der Waals surface area contributed by atoms with E-state index in [9.17, 15) is 19.2 Å². The van der Waals surface area contributed by atoms with Gasteiger partial charge in [0.2, 0.25) is 11.8 Å². The summed E-state index contributed by atoms with van der Waals surface area (Å²) in [4.78, 5) is 48.2. The number of alkyl carbamates (subject to hydrolysis) is 1. The molecule has 4 amide bonds. The molecule has 0 unspecified atom stereocenters. The smallest absolute Gasteiger partial charge is 0.408 e. The number of primary amides is 1. The van der Waals surface area contributed by atoms with Crippen LogP contribution in [0.4, 0.5) is 16.2 Å². The molecule has 1 heterocycles. The first-order valence-electron chi connectivity index (χ1n) is 10.4. The molecule has 1 atom stereocenters. The molecule has 176 valence electrons. The maximum atomic E-state index is 12.7. The molecule has 34 heavy (non-hydrogen) atoms. The van der Waals surface area contributed by atoms with E-state index in [1.807, 2.05) is 18.2 Å². The first kappa shape index (κ1) is 24.1. The maximum Gasteiger partial charge on any atom is 0.408 e. The van der Waals surface area contributed by atoms with Crippen molar-refractivity contribution in [2.45, 2.75) is 25.5 Å². The van der Waals surface area contributed by atoms with Crippen molar-refractivity contribution >= 4 is 35.2 Å². The Bertz CT molecular complexity index is 1110. The standard InChI is InChI=1S/C24H24N4O6/c25-21(29)13-12-19(28-24(32)34-15-16-5-2-1-3-6-16)22(30)26-17-8-10-18(11-9-17)27-23(31)20-7-4-14-33-20/h1-11,14,19H,12-13,15H2,(H2,25,29)(H,26,30)(H,27,31)(H,28,32)/t19-/m0/s1. The number of furan rings is 1. The third kappa shape index (κ3) is 7.52. The molecule has 0 saturated heterocycles. The summed E-state index contributed by atoms with van der Waals surface area (Å²) >= 11 is 0. The molecule has 10 heteroatoms. The van der Waals surface area contributed by atoms with Gasteiger partial charge in [0, 0.05) is 17.8 Å². The summed E-state index contributed by atoms with van der Waals surface area (Å²) in [6.07, 6.45) is 0.492. The van der Waals surface area contributed by atoms with Crippen molar-refractivity contribution in [1.29, 1.82) is 0 Å². The average Bonchev–Trinajstić information content (AvgIpc) is 3.37. The fourth-order valence-corrected chi connectivity index (χ4v) is 2.93. The second-order valence-electron chi connectivity index (χ2n) is 7.26. The molecular weight excluding hydrogens is 440 g/mol. The number of nitrogens with two attached hydrogens (primary N) is 1. The summed E-state index contributed by atoms with van der Waals surface area (Å²) in [5.74, 6) is -1.40. The van der Waals surface area contributed by atoms with E-state index >= 15 is 0 Å². The Balaban J connectivity index is 1.56. The molecule has 3 aromatic rings. The molecule has 3 rings (SSSR count). The molecule has 0 aliphatic heterocycles. The van der Waals surface area contributed by atoms with E-state index in [2.05, 4.69) is 16.0 Å². The average molecular weight is 464 g/mol. The third-order valence-electron chi connectivity index (χ3n) is 4.66. The van der Waals surface area contributed by atoms with Gasteiger partial charge in [-0.2, -0.15) is 0 Å². The van der Waals surface area contributed by atoms with Crippen LogP contribution in [0.25, 0.3) is 0 Å². The van der Waals surface area contributed by atoms with Gasteiger partial charge in [-0.3, -0.25) is 14.4 Å². The van der Waals surface area contributed by atoms with Crippen molar-refractivity contribution in [3.05, 3.63) is 84.3 Å². The van der Waals surface area contributed by atoms with Gasteiger partial charge >= 0.3 is 6.09 Å². The predicted octanol–water partition coefficient (Wildman–Crippen LogP) is 3.03. The Morgan fingerprint density at radius 3 is 2.18 bits per heavy atom. The number of hydrogen-bond donors (Lipinski definition) is 4. The summed E-state index contributed by atoms with van der Waals surface area (Å²) in [6.45, 7) is 0.0298. The zero-order chi connectivity index (χ0) is 24.3. The van der Waals surface area contributed by atoms with Gasteiger partial charge in [-0.15, -0.1) is 0 Å². The maximum absolute atomic E-state index is 12.7. The minimum absolute atomic E-state index is 0.00110. The molecular formula is C24H24N4O6. The summed E-state index contributed by atoms with van der Waals surface area (Å²) < 4.78 is 10.2. The number of nitrogens with one attached hydrogen (secondary N) is 3. The van der Waals surface area contributed by atoms with Gasteiger partial charge in [0.25, 0.3) is 5.91 Å². The topological polar surface area (TPSA) is 153 Å². The number of anilines is 2. The number of benzene rings is 2. The van der Waals surface area contributed by atoms with Crippen LogP contribution < -0.4 is 21.7 Å². The van der Waals surface area contributed by atoms with Crippen LogP contribution in [0.1, 0.15) is 29.0 Å². The Hall–Kier alpha value is -4.60. The van der Waals surface area contributed by atoms with E-state index in [1.54, 1.807) is 42.5 Å². The van der Waals surface area contributed by atoms with Gasteiger partial charge in [0.05, 0.1) is 6.26 Å². The van der Waals surface area contributed by atoms with Crippen LogP contribution in [0, 0.1) is 0 Å². The number of hydrogen-bond acceptors (Lipinski definition) is 6. The lowest BCUT2D eigenvalue weighted by Crippen LogP contribution is -2.44. The van der Waals surface area contributed by atoms with E-state index < -0.39 is 29.9 Å². The van der Waals surface area contributed by atoms with Gasteiger partial charge in [-0.25, -0.2) is 4.79 Å². The predicted molar refractivity (Wildman–Crippen MR) is 124 cm³/mol. The van der Waals surface area contributed by atoms with Crippen LogP contribution in [-0.4, -0.2) is 29.9 Å². The number of carbonyl (C=O) groups excluding carboxylic acids is 4. The molecule has 0 aliphatic carbocycles. The van der Waals surface area contributed by atoms with E-state index in [0.29, 0.717) is 11.4 Å². The zero-order valence-corrected chi connectivity index (χ0v) is 18.2. The number of carbonyl (C=O) groups is 4. The molecule has 5 N–H and O–H groups in total. The monoisotopic (exact) mass is 464 g/mol. The molecule has 0 fully saturated rings. The lowest BCUT2D eigenvalue weighted by molar-refractivity contribution is -0.119. The van der Waals surface area contributed by atoms with Crippen LogP contribution in [0.5, 0.6) is 0 Å². The third-order valence-corrected chi connectivity index (χ3v) is 4.66. The van der Waals surface area contributed by atoms with Crippen molar-refractivity contribution in [3.8, 4) is 0 Å². The zero-order valence-electron chi connectivity index (χ0n) is 18.2. The Morgan fingerprint density at radius 1 is 0.882 bits per heavy atom. The van der Waals surface area contributed by atoms with E-state index in [-0.39, 0.29) is 25.2 Å². The normalized spacial score (nSPS) is 11.2. The fraction of sp³-hybridized carbons (Fsp3) is 0.167. The van der Waals surface area contributed by atoms with Crippen molar-refractivity contribution < 1.29 is 28.3 Å². The van der Waals surface area contributed by atoms with Crippen LogP contribution in [-0.2, 0) is 20.9 Å². The van der Waals surface area contributed by atoms with Crippen molar-refractivity contribution in [2.24, 2.45) is 5.73 Å². The van der Waals surface area contributed by atoms with Gasteiger partial charge in [-0.05, 0) is 48.4 Å². The van der Waals surface area contributed by atoms with Crippen LogP contribution in [0.2, 0.25) is 0 Å². The molecule has 0 aliphatic rings. The molecule has 1 aromatic heterocycles. The van der Waals surface area contributed by atoms with Gasteiger partial charge < -0.3 is 30.8 Å². The second kappa shape index (κ2) is 11.9. The highest BCUT2D eigenvalue weighted by Crippen LogP contribution is 2.16. The second-order valence-corrected chi connectivity index (χ2v) is 7.26. The lowest BCUT2D eigenvalue weighted by atomic mass is 10.1. The van der Waals surface area contributed by atoms with Crippen molar-refractivity contribution in [3.63, 3.8) is 0 Å². The van der Waals surface area contributed by atoms with Gasteiger partial charge in [0.1, 0.15) is 12.6 Å². The van der Waals surface area contributed by atoms with Gasteiger partial charge in [0.15, 0.2) is 5.76 Å². The Labute approximate surface area is 195 Å². The highest BCUT2D eigenvalue weighted by atomic mass is 16.5. The number of rotatable bonds is 10. The quantitative estimate of drug-likeness (QED) is 0.362. The largest absolute Gasteiger partial charge is 0.459 e. The minimum atomic E-state index is -1.05. The molecule has 2 aromatic carbocycles. The highest BCUT2D eigenvalue weighted by molar-refractivity contribution is 6.02. The van der Waals surface area contributed by atoms with Gasteiger partial charge in [-0.1, -0.05) is 30.3 Å². The summed E-state index contributed by atoms with van der Waals surface area (Å²) in [5.41, 5.74) is 6.90. The summed E-state index contributed by atoms with van der Waals surface area (Å²) in [7, 11) is 0. The highest BCUT2D eigenvalue weighted by Gasteiger charge is 2.22. The van der Waals surface area contributed by atoms with E-state index in [4.69, 9.17) is 14.9 Å². The summed E-state index contributed by atoms with van der Waals surface area (Å²) in [6, 6.07) is 17.5. The Kier molecular flexibility index (Phi) is 8.39. The number of ether oxygens (including phenoxy) is 1. The van der Waals surface area contributed by atoms with Crippen LogP contribution >= 0.6 is 0 Å². The van der Waals surface area contributed by atoms with Crippen molar-refractivity contribution in [1.82, 2.24) is 5.32 Å². The lowest BCUT2D eigenvalue weighted by Gasteiger charge is -2.18. The first-order chi connectivity index (χ1) is 16.4. The molecule has 0 radical (unpaired) electrons. The van der Waals surface area contributed by atoms with E-state index in [0.717, 1.165) is 5.56 Å². The van der Waals surface area contributed by atoms with Crippen LogP contribution in [0.3, 0.4) is 0 Å². The fourth-order valence-electron chi connectivity index (χ4n) is 2.93. The Morgan fingerprint density at radius 2 is 1.56 bits per heavy atom. The molecule has 0 bridgehead atoms. The van der Waals surface area contributed by atoms with Crippen molar-refractivity contribution in [2.75, 3.05) is 10.6 Å². The molecule has 10 nitrogen and oxygen atoms in total. The van der Waals surface area contributed by atoms with Crippen LogP contribution in [0.15, 0.2) is 77.4 Å². The summed E-state index contributed by atoms with van der Waals surface area (Å²) in [5, 5.41) is 7.79. The minimum Gasteiger partial charge on any atom is -0.459 e. The number of amides is 4. The van der Waals surface area contributed by atoms with E-state index in [1.165, 1.54) is 12.3 Å². The SMILES string of the molecule is NC(=O)CC[C@H](NC(=O)OCc1ccccc1)C(=O)Nc1ccc(NC(=O)c2ccco2)cc1.